The molecule has 1 saturated carbocycles. The lowest BCUT2D eigenvalue weighted by Gasteiger charge is -2.04. The van der Waals surface area contributed by atoms with E-state index < -0.39 is 0 Å². The minimum atomic E-state index is -0.0670. The van der Waals surface area contributed by atoms with Gasteiger partial charge in [-0.1, -0.05) is 18.0 Å². The van der Waals surface area contributed by atoms with Crippen molar-refractivity contribution in [3.05, 3.63) is 28.2 Å². The summed E-state index contributed by atoms with van der Waals surface area (Å²) >= 11 is 5.91. The molecule has 2 aromatic rings. The molecule has 0 radical (unpaired) electrons. The maximum atomic E-state index is 12.2. The van der Waals surface area contributed by atoms with Gasteiger partial charge in [0.2, 0.25) is 11.1 Å². The van der Waals surface area contributed by atoms with Crippen molar-refractivity contribution in [2.45, 2.75) is 51.4 Å². The van der Waals surface area contributed by atoms with Gasteiger partial charge in [-0.2, -0.15) is 5.10 Å². The molecule has 6 nitrogen and oxygen atoms in total. The molecule has 0 saturated heterocycles. The Labute approximate surface area is 140 Å². The highest BCUT2D eigenvalue weighted by atomic mass is 35.5. The van der Waals surface area contributed by atoms with Crippen molar-refractivity contribution in [3.63, 3.8) is 0 Å². The van der Waals surface area contributed by atoms with Crippen LogP contribution in [0.25, 0.3) is 0 Å². The molecule has 23 heavy (non-hydrogen) atoms. The van der Waals surface area contributed by atoms with Gasteiger partial charge in [0.05, 0.1) is 11.4 Å². The fraction of sp³-hybridized carbons (Fsp3) is 0.562. The molecular weight excluding hydrogens is 316 g/mol. The van der Waals surface area contributed by atoms with E-state index in [1.165, 1.54) is 25.7 Å². The highest BCUT2D eigenvalue weighted by molar-refractivity contribution is 6.29. The van der Waals surface area contributed by atoms with Gasteiger partial charge in [0.1, 0.15) is 5.82 Å². The van der Waals surface area contributed by atoms with E-state index in [-0.39, 0.29) is 11.1 Å². The van der Waals surface area contributed by atoms with E-state index >= 15 is 0 Å². The zero-order chi connectivity index (χ0) is 16.4. The number of rotatable bonds is 5. The smallest absolute Gasteiger partial charge is 0.229 e. The number of halogens is 1. The zero-order valence-electron chi connectivity index (χ0n) is 13.4. The summed E-state index contributed by atoms with van der Waals surface area (Å²) in [6.45, 7) is 1.82. The number of amides is 1. The molecule has 0 unspecified atom stereocenters. The number of carbonyl (C=O) groups excluding carboxylic acids is 1. The maximum absolute atomic E-state index is 12.2. The summed E-state index contributed by atoms with van der Waals surface area (Å²) in [6, 6.07) is 1.99. The Bertz CT molecular complexity index is 681. The normalized spacial score (nSPS) is 15.3. The van der Waals surface area contributed by atoms with E-state index in [2.05, 4.69) is 15.6 Å². The van der Waals surface area contributed by atoms with Gasteiger partial charge in [0.15, 0.2) is 0 Å². The van der Waals surface area contributed by atoms with Crippen LogP contribution in [-0.4, -0.2) is 20.8 Å². The van der Waals surface area contributed by atoms with E-state index in [0.717, 1.165) is 22.8 Å². The average Bonchev–Trinajstić information content (AvgIpc) is 3.21. The molecule has 7 heteroatoms. The molecular formula is C16H21ClN4O2. The van der Waals surface area contributed by atoms with Gasteiger partial charge in [0, 0.05) is 31.0 Å². The molecule has 3 rings (SSSR count). The third-order valence-corrected chi connectivity index (χ3v) is 4.78. The van der Waals surface area contributed by atoms with Crippen molar-refractivity contribution in [2.75, 3.05) is 5.32 Å². The number of carbonyl (C=O) groups is 1. The molecule has 0 spiro atoms. The summed E-state index contributed by atoms with van der Waals surface area (Å²) in [7, 11) is 1.86. The molecule has 0 atom stereocenters. The van der Waals surface area contributed by atoms with Gasteiger partial charge in [-0.3, -0.25) is 9.48 Å². The van der Waals surface area contributed by atoms with Crippen LogP contribution in [0.3, 0.4) is 0 Å². The lowest BCUT2D eigenvalue weighted by atomic mass is 10.0. The summed E-state index contributed by atoms with van der Waals surface area (Å²) in [4.78, 5) is 12.2. The zero-order valence-corrected chi connectivity index (χ0v) is 14.2. The van der Waals surface area contributed by atoms with Gasteiger partial charge in [-0.25, -0.2) is 0 Å². The molecule has 1 N–H and O–H groups in total. The summed E-state index contributed by atoms with van der Waals surface area (Å²) in [6.07, 6.45) is 5.74. The van der Waals surface area contributed by atoms with Crippen LogP contribution in [0, 0.1) is 6.92 Å². The standard InChI is InChI=1S/C16H21ClN4O2/c1-10-12(16(17)23-20-10)7-8-15(22)18-14-9-13(19-21(14)2)11-5-3-4-6-11/h9,11H,3-8H2,1-2H3,(H,18,22). The maximum Gasteiger partial charge on any atom is 0.229 e. The molecule has 0 aliphatic heterocycles. The number of hydrogen-bond acceptors (Lipinski definition) is 4. The summed E-state index contributed by atoms with van der Waals surface area (Å²) < 4.78 is 6.63. The van der Waals surface area contributed by atoms with E-state index in [1.807, 2.05) is 20.0 Å². The first kappa shape index (κ1) is 16.1. The van der Waals surface area contributed by atoms with Crippen LogP contribution in [0.4, 0.5) is 5.82 Å². The van der Waals surface area contributed by atoms with Crippen LogP contribution in [0.1, 0.15) is 55.0 Å². The van der Waals surface area contributed by atoms with Crippen molar-refractivity contribution < 1.29 is 9.32 Å². The van der Waals surface area contributed by atoms with Crippen molar-refractivity contribution >= 4 is 23.3 Å². The van der Waals surface area contributed by atoms with Crippen molar-refractivity contribution in [1.82, 2.24) is 14.9 Å². The molecule has 2 heterocycles. The highest BCUT2D eigenvalue weighted by Gasteiger charge is 2.21. The number of aromatic nitrogens is 3. The Hall–Kier alpha value is -1.82. The number of anilines is 1. The van der Waals surface area contributed by atoms with Crippen LogP contribution in [-0.2, 0) is 18.3 Å². The third kappa shape index (κ3) is 3.58. The first-order valence-corrected chi connectivity index (χ1v) is 8.37. The Morgan fingerprint density at radius 3 is 2.87 bits per heavy atom. The molecule has 2 aromatic heterocycles. The molecule has 124 valence electrons. The topological polar surface area (TPSA) is 73.0 Å². The number of aryl methyl sites for hydroxylation is 2. The highest BCUT2D eigenvalue weighted by Crippen LogP contribution is 2.34. The van der Waals surface area contributed by atoms with Crippen LogP contribution in [0.2, 0.25) is 5.22 Å². The average molecular weight is 337 g/mol. The molecule has 1 aliphatic carbocycles. The van der Waals surface area contributed by atoms with Gasteiger partial charge in [0.25, 0.3) is 0 Å². The van der Waals surface area contributed by atoms with Gasteiger partial charge in [-0.15, -0.1) is 0 Å². The van der Waals surface area contributed by atoms with E-state index in [0.29, 0.717) is 18.8 Å². The Balaban J connectivity index is 1.59. The second-order valence-electron chi connectivity index (χ2n) is 6.13. The van der Waals surface area contributed by atoms with Crippen molar-refractivity contribution in [3.8, 4) is 0 Å². The SMILES string of the molecule is Cc1noc(Cl)c1CCC(=O)Nc1cc(C2CCCC2)nn1C. The quantitative estimate of drug-likeness (QED) is 0.905. The Morgan fingerprint density at radius 2 is 2.22 bits per heavy atom. The van der Waals surface area contributed by atoms with Crippen molar-refractivity contribution in [2.24, 2.45) is 7.05 Å². The van der Waals surface area contributed by atoms with Crippen LogP contribution < -0.4 is 5.32 Å². The van der Waals surface area contributed by atoms with E-state index in [1.54, 1.807) is 4.68 Å². The number of hydrogen-bond donors (Lipinski definition) is 1. The molecule has 0 aromatic carbocycles. The summed E-state index contributed by atoms with van der Waals surface area (Å²) in [5, 5.41) is 11.5. The van der Waals surface area contributed by atoms with Gasteiger partial charge < -0.3 is 9.84 Å². The fourth-order valence-corrected chi connectivity index (χ4v) is 3.38. The predicted molar refractivity (Wildman–Crippen MR) is 87.6 cm³/mol. The van der Waals surface area contributed by atoms with Gasteiger partial charge >= 0.3 is 0 Å². The number of nitrogens with one attached hydrogen (secondary N) is 1. The van der Waals surface area contributed by atoms with E-state index in [4.69, 9.17) is 16.1 Å². The minimum Gasteiger partial charge on any atom is -0.344 e. The van der Waals surface area contributed by atoms with Crippen LogP contribution in [0.5, 0.6) is 0 Å². The van der Waals surface area contributed by atoms with E-state index in [9.17, 15) is 4.79 Å². The second kappa shape index (κ2) is 6.74. The molecule has 1 fully saturated rings. The number of nitrogens with zero attached hydrogens (tertiary/aromatic N) is 3. The molecule has 1 aliphatic rings. The Kier molecular flexibility index (Phi) is 4.71. The van der Waals surface area contributed by atoms with Crippen LogP contribution in [0.15, 0.2) is 10.6 Å². The predicted octanol–water partition coefficient (Wildman–Crippen LogP) is 3.60. The first-order chi connectivity index (χ1) is 11.0. The minimum absolute atomic E-state index is 0.0670. The largest absolute Gasteiger partial charge is 0.344 e. The van der Waals surface area contributed by atoms with Gasteiger partial charge in [-0.05, 0) is 37.8 Å². The third-order valence-electron chi connectivity index (χ3n) is 4.48. The summed E-state index contributed by atoms with van der Waals surface area (Å²) in [5.74, 6) is 1.21. The monoisotopic (exact) mass is 336 g/mol. The fourth-order valence-electron chi connectivity index (χ4n) is 3.11. The Morgan fingerprint density at radius 1 is 1.48 bits per heavy atom. The van der Waals surface area contributed by atoms with Crippen LogP contribution >= 0.6 is 11.6 Å². The molecule has 1 amide bonds. The second-order valence-corrected chi connectivity index (χ2v) is 6.47. The lowest BCUT2D eigenvalue weighted by Crippen LogP contribution is -2.15. The lowest BCUT2D eigenvalue weighted by molar-refractivity contribution is -0.116. The summed E-state index contributed by atoms with van der Waals surface area (Å²) in [5.41, 5.74) is 2.60. The molecule has 0 bridgehead atoms. The van der Waals surface area contributed by atoms with Crippen molar-refractivity contribution in [1.29, 1.82) is 0 Å². The first-order valence-electron chi connectivity index (χ1n) is 7.99.